The fourth-order valence-corrected chi connectivity index (χ4v) is 0.306. The zero-order chi connectivity index (χ0) is 10.7. The molecule has 1 radical (unpaired) electrons. The summed E-state index contributed by atoms with van der Waals surface area (Å²) < 4.78 is 0. The largest absolute Gasteiger partial charge is 2.00 e. The van der Waals surface area contributed by atoms with E-state index in [9.17, 15) is 0 Å². The molecule has 0 bridgehead atoms. The molecule has 0 aromatic heterocycles. The Morgan fingerprint density at radius 3 is 1.86 bits per heavy atom. The summed E-state index contributed by atoms with van der Waals surface area (Å²) in [7, 11) is 0. The number of hydrogen-bond acceptors (Lipinski definition) is 7. The predicted molar refractivity (Wildman–Crippen MR) is 39.0 cm³/mol. The van der Waals surface area contributed by atoms with Crippen LogP contribution in [0.3, 0.4) is 0 Å². The molecule has 0 aliphatic rings. The van der Waals surface area contributed by atoms with Gasteiger partial charge >= 0.3 is 22.4 Å². The van der Waals surface area contributed by atoms with Crippen molar-refractivity contribution in [3.63, 3.8) is 0 Å². The van der Waals surface area contributed by atoms with Gasteiger partial charge in [-0.25, -0.2) is 0 Å². The number of hydrogen-bond donors (Lipinski definition) is 3. The summed E-state index contributed by atoms with van der Waals surface area (Å²) in [6.45, 7) is 2.28. The van der Waals surface area contributed by atoms with Gasteiger partial charge in [-0.2, -0.15) is 0 Å². The zero-order valence-electron chi connectivity index (χ0n) is 7.29. The number of nitrogens with two attached hydrogens (primary N) is 1. The zero-order valence-corrected chi connectivity index (χ0v) is 8.77. The van der Waals surface area contributed by atoms with Gasteiger partial charge in [0.25, 0.3) is 0 Å². The van der Waals surface area contributed by atoms with E-state index in [1.54, 1.807) is 0 Å². The first kappa shape index (κ1) is 19.2. The summed E-state index contributed by atoms with van der Waals surface area (Å²) in [5.74, 6) is -4.37. The second kappa shape index (κ2) is 15.1. The van der Waals surface area contributed by atoms with Crippen molar-refractivity contribution in [1.29, 1.82) is 0 Å². The molecule has 8 heteroatoms. The van der Waals surface area contributed by atoms with E-state index in [0.717, 1.165) is 6.54 Å². The Balaban J connectivity index is -0.000000163. The van der Waals surface area contributed by atoms with Gasteiger partial charge in [-0.3, -0.25) is 0 Å². The standard InChI is InChI=1S/C4H12N2O.C2H2O4.Ag/c5-1-2-6-3-4-7;3-1(4)2(5)6;/h6-7H,1-5H2;(H,3,4)(H,5,6);/q;;+2/p-2. The summed E-state index contributed by atoms with van der Waals surface area (Å²) in [4.78, 5) is 17.9. The van der Waals surface area contributed by atoms with Gasteiger partial charge in [-0.15, -0.1) is 0 Å². The molecule has 14 heavy (non-hydrogen) atoms. The van der Waals surface area contributed by atoms with E-state index in [0.29, 0.717) is 13.1 Å². The summed E-state index contributed by atoms with van der Waals surface area (Å²) >= 11 is 0. The molecule has 87 valence electrons. The molecule has 0 fully saturated rings. The van der Waals surface area contributed by atoms with Crippen LogP contribution in [-0.2, 0) is 32.0 Å². The van der Waals surface area contributed by atoms with Gasteiger partial charge in [0.15, 0.2) is 0 Å². The maximum atomic E-state index is 8.93. The average Bonchev–Trinajstić information content (AvgIpc) is 2.06. The maximum Gasteiger partial charge on any atom is 2.00 e. The van der Waals surface area contributed by atoms with Crippen LogP contribution in [0.1, 0.15) is 0 Å². The molecular formula is C6H12AgN2O5. The van der Waals surface area contributed by atoms with Crippen LogP contribution in [0.25, 0.3) is 0 Å². The number of carbonyl (C=O) groups excluding carboxylic acids is 2. The number of nitrogens with one attached hydrogen (secondary N) is 1. The molecule has 0 rings (SSSR count). The van der Waals surface area contributed by atoms with Crippen molar-refractivity contribution in [1.82, 2.24) is 5.32 Å². The van der Waals surface area contributed by atoms with Crippen LogP contribution in [-0.4, -0.2) is 43.3 Å². The van der Waals surface area contributed by atoms with Crippen LogP contribution < -0.4 is 21.3 Å². The van der Waals surface area contributed by atoms with Crippen LogP contribution in [0.5, 0.6) is 0 Å². The quantitative estimate of drug-likeness (QED) is 0.268. The van der Waals surface area contributed by atoms with Gasteiger partial charge in [0, 0.05) is 19.6 Å². The first-order valence-corrected chi connectivity index (χ1v) is 3.50. The first-order chi connectivity index (χ1) is 6.06. The molecule has 0 heterocycles. The molecule has 0 amide bonds. The van der Waals surface area contributed by atoms with Crippen LogP contribution in [0.4, 0.5) is 0 Å². The third-order valence-electron chi connectivity index (χ3n) is 0.776. The predicted octanol–water partition coefficient (Wildman–Crippen LogP) is -4.99. The Morgan fingerprint density at radius 1 is 1.21 bits per heavy atom. The van der Waals surface area contributed by atoms with E-state index in [-0.39, 0.29) is 29.0 Å². The molecule has 0 unspecified atom stereocenters. The molecule has 0 spiro atoms. The topological polar surface area (TPSA) is 139 Å². The Labute approximate surface area is 96.8 Å². The van der Waals surface area contributed by atoms with E-state index in [2.05, 4.69) is 5.32 Å². The number of aliphatic hydroxyl groups excluding tert-OH is 1. The minimum Gasteiger partial charge on any atom is -0.543 e. The number of carboxylic acids is 2. The van der Waals surface area contributed by atoms with E-state index in [1.165, 1.54) is 0 Å². The van der Waals surface area contributed by atoms with Crippen molar-refractivity contribution in [3.8, 4) is 0 Å². The fraction of sp³-hybridized carbons (Fsp3) is 0.667. The molecule has 4 N–H and O–H groups in total. The number of aliphatic hydroxyl groups is 1. The SMILES string of the molecule is NCCNCCO.O=C([O-])C(=O)[O-].[Ag+2]. The maximum absolute atomic E-state index is 8.93. The molecule has 0 atom stereocenters. The summed E-state index contributed by atoms with van der Waals surface area (Å²) in [6.07, 6.45) is 0. The third kappa shape index (κ3) is 22.6. The minimum absolute atomic E-state index is 0. The molecule has 0 aromatic carbocycles. The average molecular weight is 300 g/mol. The van der Waals surface area contributed by atoms with Crippen molar-refractivity contribution in [2.75, 3.05) is 26.2 Å². The normalized spacial score (nSPS) is 7.86. The first-order valence-electron chi connectivity index (χ1n) is 3.50. The van der Waals surface area contributed by atoms with Crippen molar-refractivity contribution in [2.45, 2.75) is 0 Å². The Morgan fingerprint density at radius 2 is 1.64 bits per heavy atom. The molecule has 0 aliphatic carbocycles. The summed E-state index contributed by atoms with van der Waals surface area (Å²) in [6, 6.07) is 0. The fourth-order valence-electron chi connectivity index (χ4n) is 0.306. The second-order valence-electron chi connectivity index (χ2n) is 1.84. The molecule has 0 saturated heterocycles. The molecule has 7 nitrogen and oxygen atoms in total. The van der Waals surface area contributed by atoms with E-state index >= 15 is 0 Å². The Kier molecular flexibility index (Phi) is 20.6. The van der Waals surface area contributed by atoms with Gasteiger partial charge in [0.1, 0.15) is 0 Å². The number of rotatable bonds is 4. The van der Waals surface area contributed by atoms with Crippen LogP contribution in [0, 0.1) is 0 Å². The van der Waals surface area contributed by atoms with Crippen molar-refractivity contribution >= 4 is 11.9 Å². The van der Waals surface area contributed by atoms with Crippen molar-refractivity contribution in [3.05, 3.63) is 0 Å². The Hall–Kier alpha value is -0.440. The Bertz CT molecular complexity index is 139. The van der Waals surface area contributed by atoms with Gasteiger partial charge in [0.05, 0.1) is 18.5 Å². The minimum atomic E-state index is -2.19. The molecule has 0 aliphatic heterocycles. The van der Waals surface area contributed by atoms with E-state index in [4.69, 9.17) is 30.6 Å². The monoisotopic (exact) mass is 299 g/mol. The van der Waals surface area contributed by atoms with Crippen molar-refractivity contribution < 1.29 is 47.3 Å². The van der Waals surface area contributed by atoms with Crippen LogP contribution >= 0.6 is 0 Å². The smallest absolute Gasteiger partial charge is 0.543 e. The number of carboxylic acid groups (broad SMARTS) is 2. The second-order valence-corrected chi connectivity index (χ2v) is 1.84. The number of carbonyl (C=O) groups is 2. The molecule has 0 aromatic rings. The molecular weight excluding hydrogens is 288 g/mol. The van der Waals surface area contributed by atoms with Gasteiger partial charge in [-0.05, 0) is 0 Å². The van der Waals surface area contributed by atoms with Gasteiger partial charge < -0.3 is 36.0 Å². The van der Waals surface area contributed by atoms with E-state index < -0.39 is 11.9 Å². The molecule has 0 saturated carbocycles. The summed E-state index contributed by atoms with van der Waals surface area (Å²) in [5.41, 5.74) is 5.13. The van der Waals surface area contributed by atoms with Gasteiger partial charge in [-0.1, -0.05) is 0 Å². The van der Waals surface area contributed by atoms with Crippen LogP contribution in [0.15, 0.2) is 0 Å². The van der Waals surface area contributed by atoms with Crippen LogP contribution in [0.2, 0.25) is 0 Å². The summed E-state index contributed by atoms with van der Waals surface area (Å²) in [5, 5.41) is 29.0. The number of aliphatic carboxylic acids is 2. The van der Waals surface area contributed by atoms with E-state index in [1.807, 2.05) is 0 Å². The van der Waals surface area contributed by atoms with Crippen molar-refractivity contribution in [2.24, 2.45) is 5.73 Å². The third-order valence-corrected chi connectivity index (χ3v) is 0.776. The van der Waals surface area contributed by atoms with Gasteiger partial charge in [0.2, 0.25) is 0 Å².